The summed E-state index contributed by atoms with van der Waals surface area (Å²) >= 11 is 0. The second-order valence-electron chi connectivity index (χ2n) is 5.60. The van der Waals surface area contributed by atoms with Gasteiger partial charge in [0, 0.05) is 18.3 Å². The summed E-state index contributed by atoms with van der Waals surface area (Å²) in [5, 5.41) is 3.36. The summed E-state index contributed by atoms with van der Waals surface area (Å²) in [5.41, 5.74) is 0.0467. The van der Waals surface area contributed by atoms with Crippen LogP contribution in [0.15, 0.2) is 0 Å². The number of hydrogen-bond acceptors (Lipinski definition) is 3. The Morgan fingerprint density at radius 2 is 1.75 bits per heavy atom. The normalized spacial score (nSPS) is 13.4. The molecule has 0 saturated carbocycles. The van der Waals surface area contributed by atoms with Gasteiger partial charge in [0.1, 0.15) is 9.84 Å². The molecule has 98 valence electrons. The van der Waals surface area contributed by atoms with E-state index in [9.17, 15) is 8.42 Å². The van der Waals surface area contributed by atoms with E-state index >= 15 is 0 Å². The highest BCUT2D eigenvalue weighted by Crippen LogP contribution is 2.20. The molecule has 1 N–H and O–H groups in total. The van der Waals surface area contributed by atoms with E-state index in [1.165, 1.54) is 0 Å². The van der Waals surface area contributed by atoms with Crippen molar-refractivity contribution in [2.75, 3.05) is 18.1 Å². The van der Waals surface area contributed by atoms with Crippen LogP contribution in [0.5, 0.6) is 0 Å². The summed E-state index contributed by atoms with van der Waals surface area (Å²) in [5.74, 6) is 0.633. The maximum atomic E-state index is 11.6. The molecule has 0 rings (SSSR count). The smallest absolute Gasteiger partial charge is 0.150 e. The Bertz CT molecular complexity index is 281. The number of nitrogens with one attached hydrogen (secondary N) is 1. The van der Waals surface area contributed by atoms with E-state index in [0.717, 1.165) is 13.0 Å². The molecule has 0 radical (unpaired) electrons. The average Bonchev–Trinajstić information content (AvgIpc) is 2.13. The van der Waals surface area contributed by atoms with Crippen molar-refractivity contribution in [2.24, 2.45) is 5.41 Å². The summed E-state index contributed by atoms with van der Waals surface area (Å²) < 4.78 is 23.2. The van der Waals surface area contributed by atoms with E-state index < -0.39 is 9.84 Å². The van der Waals surface area contributed by atoms with E-state index in [1.807, 2.05) is 6.92 Å². The fraction of sp³-hybridized carbons (Fsp3) is 1.00. The quantitative estimate of drug-likeness (QED) is 0.717. The van der Waals surface area contributed by atoms with Crippen LogP contribution in [0.1, 0.15) is 47.5 Å². The molecular weight excluding hydrogens is 222 g/mol. The topological polar surface area (TPSA) is 46.2 Å². The zero-order valence-electron chi connectivity index (χ0n) is 11.3. The van der Waals surface area contributed by atoms with Crippen molar-refractivity contribution in [3.05, 3.63) is 0 Å². The fourth-order valence-corrected chi connectivity index (χ4v) is 3.10. The van der Waals surface area contributed by atoms with Crippen molar-refractivity contribution in [3.8, 4) is 0 Å². The lowest BCUT2D eigenvalue weighted by atomic mass is 9.90. The Morgan fingerprint density at radius 3 is 2.19 bits per heavy atom. The van der Waals surface area contributed by atoms with E-state index in [4.69, 9.17) is 0 Å². The minimum Gasteiger partial charge on any atom is -0.314 e. The van der Waals surface area contributed by atoms with Crippen LogP contribution in [-0.2, 0) is 9.84 Å². The van der Waals surface area contributed by atoms with Gasteiger partial charge in [0.05, 0.1) is 5.75 Å². The minimum atomic E-state index is -2.83. The number of rotatable bonds is 8. The van der Waals surface area contributed by atoms with Crippen LogP contribution in [-0.4, -0.2) is 32.5 Å². The van der Waals surface area contributed by atoms with Crippen LogP contribution < -0.4 is 5.32 Å². The third-order valence-electron chi connectivity index (χ3n) is 2.59. The highest BCUT2D eigenvalue weighted by Gasteiger charge is 2.21. The molecule has 0 aromatic rings. The van der Waals surface area contributed by atoms with Gasteiger partial charge in [-0.05, 0) is 18.3 Å². The molecule has 16 heavy (non-hydrogen) atoms. The molecule has 0 aliphatic rings. The fourth-order valence-electron chi connectivity index (χ4n) is 1.41. The molecule has 0 spiro atoms. The molecule has 0 aliphatic heterocycles. The van der Waals surface area contributed by atoms with E-state index in [0.29, 0.717) is 24.0 Å². The van der Waals surface area contributed by atoms with Crippen LogP contribution in [0, 0.1) is 5.41 Å². The standard InChI is InChI=1S/C12H27NO2S/c1-6-8-16(14,15)9-7-12(4,5)10-13-11(2)3/h11,13H,6-10H2,1-5H3. The van der Waals surface area contributed by atoms with Gasteiger partial charge >= 0.3 is 0 Å². The molecular formula is C12H27NO2S. The molecule has 0 fully saturated rings. The van der Waals surface area contributed by atoms with Gasteiger partial charge in [0.2, 0.25) is 0 Å². The SMILES string of the molecule is CCCS(=O)(=O)CCC(C)(C)CNC(C)C. The Kier molecular flexibility index (Phi) is 6.56. The van der Waals surface area contributed by atoms with E-state index in [-0.39, 0.29) is 5.41 Å². The van der Waals surface area contributed by atoms with Gasteiger partial charge in [-0.2, -0.15) is 0 Å². The second kappa shape index (κ2) is 6.60. The predicted molar refractivity (Wildman–Crippen MR) is 70.5 cm³/mol. The van der Waals surface area contributed by atoms with Crippen molar-refractivity contribution < 1.29 is 8.42 Å². The van der Waals surface area contributed by atoms with Crippen molar-refractivity contribution in [1.29, 1.82) is 0 Å². The second-order valence-corrected chi connectivity index (χ2v) is 7.91. The van der Waals surface area contributed by atoms with Gasteiger partial charge in [-0.1, -0.05) is 34.6 Å². The van der Waals surface area contributed by atoms with Gasteiger partial charge in [0.25, 0.3) is 0 Å². The van der Waals surface area contributed by atoms with Crippen molar-refractivity contribution in [2.45, 2.75) is 53.5 Å². The van der Waals surface area contributed by atoms with Crippen LogP contribution >= 0.6 is 0 Å². The molecule has 0 saturated heterocycles. The first-order chi connectivity index (χ1) is 7.18. The lowest BCUT2D eigenvalue weighted by Crippen LogP contribution is -2.35. The Hall–Kier alpha value is -0.0900. The van der Waals surface area contributed by atoms with Crippen LogP contribution in [0.4, 0.5) is 0 Å². The average molecular weight is 249 g/mol. The van der Waals surface area contributed by atoms with Gasteiger partial charge in [0.15, 0.2) is 0 Å². The van der Waals surface area contributed by atoms with Crippen molar-refractivity contribution in [3.63, 3.8) is 0 Å². The molecule has 4 heteroatoms. The third-order valence-corrected chi connectivity index (χ3v) is 4.45. The van der Waals surface area contributed by atoms with Crippen LogP contribution in [0.25, 0.3) is 0 Å². The largest absolute Gasteiger partial charge is 0.314 e. The zero-order valence-corrected chi connectivity index (χ0v) is 12.2. The van der Waals surface area contributed by atoms with Gasteiger partial charge in [-0.3, -0.25) is 0 Å². The maximum Gasteiger partial charge on any atom is 0.150 e. The van der Waals surface area contributed by atoms with Gasteiger partial charge in [-0.15, -0.1) is 0 Å². The monoisotopic (exact) mass is 249 g/mol. The predicted octanol–water partition coefficient (Wildman–Crippen LogP) is 2.23. The molecule has 0 aromatic carbocycles. The number of sulfone groups is 1. The lowest BCUT2D eigenvalue weighted by molar-refractivity contribution is 0.317. The summed E-state index contributed by atoms with van der Waals surface area (Å²) in [6.45, 7) is 11.2. The van der Waals surface area contributed by atoms with E-state index in [2.05, 4.69) is 33.0 Å². The molecule has 3 nitrogen and oxygen atoms in total. The van der Waals surface area contributed by atoms with Gasteiger partial charge in [-0.25, -0.2) is 8.42 Å². The van der Waals surface area contributed by atoms with Crippen molar-refractivity contribution >= 4 is 9.84 Å². The first-order valence-corrected chi connectivity index (χ1v) is 7.94. The van der Waals surface area contributed by atoms with E-state index in [1.54, 1.807) is 0 Å². The molecule has 0 amide bonds. The first-order valence-electron chi connectivity index (χ1n) is 6.12. The molecule has 0 unspecified atom stereocenters. The molecule has 0 bridgehead atoms. The number of hydrogen-bond donors (Lipinski definition) is 1. The Balaban J connectivity index is 4.07. The molecule has 0 atom stereocenters. The summed E-state index contributed by atoms with van der Waals surface area (Å²) in [6.07, 6.45) is 1.45. The lowest BCUT2D eigenvalue weighted by Gasteiger charge is -2.26. The summed E-state index contributed by atoms with van der Waals surface area (Å²) in [6, 6.07) is 0.450. The Labute approximate surface area is 101 Å². The molecule has 0 heterocycles. The van der Waals surface area contributed by atoms with Gasteiger partial charge < -0.3 is 5.32 Å². The minimum absolute atomic E-state index is 0.0467. The van der Waals surface area contributed by atoms with Crippen molar-refractivity contribution in [1.82, 2.24) is 5.32 Å². The highest BCUT2D eigenvalue weighted by atomic mass is 32.2. The first kappa shape index (κ1) is 15.9. The Morgan fingerprint density at radius 1 is 1.19 bits per heavy atom. The summed E-state index contributed by atoms with van der Waals surface area (Å²) in [7, 11) is -2.83. The highest BCUT2D eigenvalue weighted by molar-refractivity contribution is 7.91. The molecule has 0 aliphatic carbocycles. The zero-order chi connectivity index (χ0) is 12.8. The maximum absolute atomic E-state index is 11.6. The van der Waals surface area contributed by atoms with Crippen LogP contribution in [0.2, 0.25) is 0 Å². The summed E-state index contributed by atoms with van der Waals surface area (Å²) in [4.78, 5) is 0. The third kappa shape index (κ3) is 8.11. The van der Waals surface area contributed by atoms with Crippen LogP contribution in [0.3, 0.4) is 0 Å². The molecule has 0 aromatic heterocycles.